The Kier molecular flexibility index (Phi) is 21.6. The number of hydrogen-bond donors (Lipinski definition) is 2. The molecule has 0 saturated carbocycles. The van der Waals surface area contributed by atoms with E-state index < -0.39 is 25.5 Å². The number of benzene rings is 2. The van der Waals surface area contributed by atoms with E-state index in [9.17, 15) is 16.8 Å². The van der Waals surface area contributed by atoms with Gasteiger partial charge in [-0.3, -0.25) is 9.11 Å². The Hall–Kier alpha value is -1.74. The third-order valence-corrected chi connectivity index (χ3v) is 4.82. The molecule has 0 radical (unpaired) electrons. The smallest absolute Gasteiger partial charge is 0.267 e. The molecule has 0 aromatic heterocycles. The first-order chi connectivity index (χ1) is 13.6. The Morgan fingerprint density at radius 3 is 1.24 bits per heavy atom. The average Bonchev–Trinajstić information content (AvgIpc) is 2.73. The third kappa shape index (κ3) is 24.2. The molecule has 0 spiro atoms. The summed E-state index contributed by atoms with van der Waals surface area (Å²) in [6.45, 7) is 10.9. The molecular formula is C21H36O6S2. The van der Waals surface area contributed by atoms with Crippen molar-refractivity contribution in [2.45, 2.75) is 53.2 Å². The molecule has 168 valence electrons. The maximum atomic E-state index is 10.7. The number of hydrogen-bond acceptors (Lipinski definition) is 4. The fraction of sp³-hybridized carbons (Fsp3) is 0.429. The van der Waals surface area contributed by atoms with Crippen molar-refractivity contribution in [2.24, 2.45) is 0 Å². The standard InChI is InChI=1S/C9H12O3S.C6H6.C2H6O3S.2C2H6/c1-8(13(10,11)12)7-9-5-3-2-4-6-9;1-2-4-6-5-3-1;1-2-6(3,4)5;2*1-2/h2-6,8H,7H2,1H3,(H,10,11,12);1-6H;2H2,1H3,(H,3,4,5);2*1-2H3. The molecule has 0 amide bonds. The van der Waals surface area contributed by atoms with Crippen LogP contribution in [-0.2, 0) is 26.7 Å². The Bertz CT molecular complexity index is 748. The quantitative estimate of drug-likeness (QED) is 0.627. The lowest BCUT2D eigenvalue weighted by atomic mass is 10.1. The van der Waals surface area contributed by atoms with Crippen molar-refractivity contribution in [1.29, 1.82) is 0 Å². The van der Waals surface area contributed by atoms with Crippen LogP contribution in [0.25, 0.3) is 0 Å². The van der Waals surface area contributed by atoms with Crippen molar-refractivity contribution in [3.63, 3.8) is 0 Å². The highest BCUT2D eigenvalue weighted by Crippen LogP contribution is 2.08. The Morgan fingerprint density at radius 2 is 1.00 bits per heavy atom. The van der Waals surface area contributed by atoms with Crippen LogP contribution in [0.1, 0.15) is 47.1 Å². The second kappa shape index (κ2) is 19.6. The van der Waals surface area contributed by atoms with Crippen molar-refractivity contribution in [3.05, 3.63) is 72.3 Å². The van der Waals surface area contributed by atoms with E-state index in [1.54, 1.807) is 0 Å². The Balaban J connectivity index is -0.000000355. The lowest BCUT2D eigenvalue weighted by Crippen LogP contribution is -2.18. The Morgan fingerprint density at radius 1 is 0.724 bits per heavy atom. The molecule has 0 fully saturated rings. The molecule has 2 rings (SSSR count). The summed E-state index contributed by atoms with van der Waals surface area (Å²) in [4.78, 5) is 0. The molecule has 29 heavy (non-hydrogen) atoms. The minimum atomic E-state index is -3.90. The topological polar surface area (TPSA) is 109 Å². The summed E-state index contributed by atoms with van der Waals surface area (Å²) in [5, 5.41) is -0.741. The van der Waals surface area contributed by atoms with Gasteiger partial charge >= 0.3 is 0 Å². The van der Waals surface area contributed by atoms with Crippen molar-refractivity contribution in [2.75, 3.05) is 5.75 Å². The zero-order chi connectivity index (χ0) is 23.3. The van der Waals surface area contributed by atoms with Gasteiger partial charge in [0.2, 0.25) is 0 Å². The highest BCUT2D eigenvalue weighted by atomic mass is 32.2. The van der Waals surface area contributed by atoms with Gasteiger partial charge in [0.05, 0.1) is 11.0 Å². The zero-order valence-corrected chi connectivity index (χ0v) is 19.8. The SMILES string of the molecule is CC.CC.CC(Cc1ccccc1)S(=O)(=O)O.CCS(=O)(=O)O.c1ccccc1. The van der Waals surface area contributed by atoms with Crippen LogP contribution in [0.15, 0.2) is 66.7 Å². The van der Waals surface area contributed by atoms with Gasteiger partial charge in [-0.25, -0.2) is 0 Å². The summed E-state index contributed by atoms with van der Waals surface area (Å²) in [5.74, 6) is -0.201. The van der Waals surface area contributed by atoms with Crippen molar-refractivity contribution >= 4 is 20.2 Å². The molecule has 0 heterocycles. The van der Waals surface area contributed by atoms with Gasteiger partial charge in [0.15, 0.2) is 0 Å². The summed E-state index contributed by atoms with van der Waals surface area (Å²) in [5.41, 5.74) is 0.910. The van der Waals surface area contributed by atoms with Crippen LogP contribution in [0, 0.1) is 0 Å². The van der Waals surface area contributed by atoms with E-state index >= 15 is 0 Å². The van der Waals surface area contributed by atoms with Crippen LogP contribution >= 0.6 is 0 Å². The molecular weight excluding hydrogens is 412 g/mol. The summed E-state index contributed by atoms with van der Waals surface area (Å²) < 4.78 is 57.0. The van der Waals surface area contributed by atoms with Crippen LogP contribution < -0.4 is 0 Å². The minimum absolute atomic E-state index is 0.201. The van der Waals surface area contributed by atoms with Crippen molar-refractivity contribution in [3.8, 4) is 0 Å². The van der Waals surface area contributed by atoms with Crippen LogP contribution in [0.4, 0.5) is 0 Å². The van der Waals surface area contributed by atoms with Gasteiger partial charge in [-0.2, -0.15) is 16.8 Å². The summed E-state index contributed by atoms with van der Waals surface area (Å²) >= 11 is 0. The van der Waals surface area contributed by atoms with Crippen LogP contribution in [0.5, 0.6) is 0 Å². The largest absolute Gasteiger partial charge is 0.286 e. The Labute approximate surface area is 177 Å². The van der Waals surface area contributed by atoms with Gasteiger partial charge in [0.25, 0.3) is 20.2 Å². The molecule has 2 N–H and O–H groups in total. The molecule has 0 aliphatic heterocycles. The second-order valence-electron chi connectivity index (χ2n) is 5.04. The fourth-order valence-corrected chi connectivity index (χ4v) is 1.84. The van der Waals surface area contributed by atoms with Crippen molar-refractivity contribution in [1.82, 2.24) is 0 Å². The molecule has 6 nitrogen and oxygen atoms in total. The highest BCUT2D eigenvalue weighted by Gasteiger charge is 2.16. The lowest BCUT2D eigenvalue weighted by Gasteiger charge is -2.06. The third-order valence-electron chi connectivity index (χ3n) is 2.91. The van der Waals surface area contributed by atoms with Gasteiger partial charge in [-0.15, -0.1) is 0 Å². The molecule has 1 unspecified atom stereocenters. The first kappa shape index (κ1) is 31.9. The lowest BCUT2D eigenvalue weighted by molar-refractivity contribution is 0.469. The monoisotopic (exact) mass is 448 g/mol. The van der Waals surface area contributed by atoms with E-state index in [2.05, 4.69) is 0 Å². The van der Waals surface area contributed by atoms with Crippen LogP contribution in [0.3, 0.4) is 0 Å². The van der Waals surface area contributed by atoms with E-state index in [0.29, 0.717) is 6.42 Å². The normalized spacial score (nSPS) is 10.8. The van der Waals surface area contributed by atoms with Gasteiger partial charge in [-0.05, 0) is 25.8 Å². The molecule has 2 aromatic carbocycles. The van der Waals surface area contributed by atoms with Crippen LogP contribution in [-0.4, -0.2) is 36.9 Å². The van der Waals surface area contributed by atoms with Gasteiger partial charge in [0.1, 0.15) is 0 Å². The van der Waals surface area contributed by atoms with E-state index in [4.69, 9.17) is 9.11 Å². The van der Waals surface area contributed by atoms with E-state index in [1.165, 1.54) is 13.8 Å². The minimum Gasteiger partial charge on any atom is -0.286 e. The van der Waals surface area contributed by atoms with Crippen LogP contribution in [0.2, 0.25) is 0 Å². The maximum Gasteiger partial charge on any atom is 0.267 e. The first-order valence-electron chi connectivity index (χ1n) is 9.51. The van der Waals surface area contributed by atoms with E-state index in [1.807, 2.05) is 94.4 Å². The van der Waals surface area contributed by atoms with Gasteiger partial charge in [0, 0.05) is 0 Å². The van der Waals surface area contributed by atoms with Gasteiger partial charge < -0.3 is 0 Å². The highest BCUT2D eigenvalue weighted by molar-refractivity contribution is 7.86. The predicted octanol–water partition coefficient (Wildman–Crippen LogP) is 5.14. The molecule has 1 atom stereocenters. The first-order valence-corrected chi connectivity index (χ1v) is 12.6. The second-order valence-corrected chi connectivity index (χ2v) is 8.62. The summed E-state index contributed by atoms with van der Waals surface area (Å²) in [6, 6.07) is 21.2. The number of rotatable bonds is 4. The molecule has 0 saturated heterocycles. The molecule has 0 aliphatic rings. The summed E-state index contributed by atoms with van der Waals surface area (Å²) in [6.07, 6.45) is 0.347. The molecule has 2 aromatic rings. The van der Waals surface area contributed by atoms with E-state index in [-0.39, 0.29) is 5.75 Å². The van der Waals surface area contributed by atoms with E-state index in [0.717, 1.165) is 5.56 Å². The average molecular weight is 449 g/mol. The summed E-state index contributed by atoms with van der Waals surface area (Å²) in [7, 11) is -7.56. The predicted molar refractivity (Wildman–Crippen MR) is 122 cm³/mol. The van der Waals surface area contributed by atoms with Gasteiger partial charge in [-0.1, -0.05) is 94.4 Å². The maximum absolute atomic E-state index is 10.7. The molecule has 0 bridgehead atoms. The fourth-order valence-electron chi connectivity index (χ4n) is 1.44. The molecule has 0 aliphatic carbocycles. The van der Waals surface area contributed by atoms with Crippen molar-refractivity contribution < 1.29 is 25.9 Å². The zero-order valence-electron chi connectivity index (χ0n) is 18.2. The molecule has 8 heteroatoms.